The molecule has 1 amide bonds. The van der Waals surface area contributed by atoms with Crippen LogP contribution in [0.1, 0.15) is 15.9 Å². The maximum atomic E-state index is 11.7. The van der Waals surface area contributed by atoms with E-state index in [2.05, 4.69) is 31.4 Å². The second kappa shape index (κ2) is 6.76. The number of phenolic OH excluding ortho intramolecular Hbond substituents is 1. The van der Waals surface area contributed by atoms with Crippen LogP contribution in [-0.2, 0) is 0 Å². The highest BCUT2D eigenvalue weighted by molar-refractivity contribution is 9.10. The second-order valence-corrected chi connectivity index (χ2v) is 4.92. The quantitative estimate of drug-likeness (QED) is 0.489. The van der Waals surface area contributed by atoms with E-state index in [1.807, 2.05) is 0 Å². The van der Waals surface area contributed by atoms with Gasteiger partial charge < -0.3 is 5.11 Å². The summed E-state index contributed by atoms with van der Waals surface area (Å²) in [6, 6.07) is 5.46. The van der Waals surface area contributed by atoms with Gasteiger partial charge in [-0.3, -0.25) is 19.9 Å². The predicted molar refractivity (Wildman–Crippen MR) is 81.8 cm³/mol. The molecular weight excluding hydrogens is 356 g/mol. The molecule has 2 aromatic rings. The van der Waals surface area contributed by atoms with Crippen LogP contribution >= 0.6 is 15.9 Å². The van der Waals surface area contributed by atoms with E-state index in [0.717, 1.165) is 12.3 Å². The number of phenols is 1. The number of amides is 1. The fourth-order valence-corrected chi connectivity index (χ4v) is 1.99. The molecule has 1 aromatic heterocycles. The first-order valence-corrected chi connectivity index (χ1v) is 6.68. The van der Waals surface area contributed by atoms with Crippen molar-refractivity contribution in [3.63, 3.8) is 0 Å². The monoisotopic (exact) mass is 364 g/mol. The number of hydrazone groups is 1. The van der Waals surface area contributed by atoms with E-state index in [9.17, 15) is 20.0 Å². The molecule has 9 heteroatoms. The number of halogens is 1. The average Bonchev–Trinajstić information content (AvgIpc) is 2.51. The van der Waals surface area contributed by atoms with Crippen LogP contribution in [0.25, 0.3) is 0 Å². The molecule has 22 heavy (non-hydrogen) atoms. The van der Waals surface area contributed by atoms with Gasteiger partial charge in [-0.2, -0.15) is 5.10 Å². The highest BCUT2D eigenvalue weighted by Crippen LogP contribution is 2.31. The lowest BCUT2D eigenvalue weighted by molar-refractivity contribution is -0.385. The van der Waals surface area contributed by atoms with Crippen LogP contribution in [0.5, 0.6) is 5.75 Å². The number of aromatic nitrogens is 1. The number of hydrogen-bond donors (Lipinski definition) is 2. The number of aromatic hydroxyl groups is 1. The third-order valence-corrected chi connectivity index (χ3v) is 3.19. The number of carbonyl (C=O) groups excluding carboxylic acids is 1. The third kappa shape index (κ3) is 3.64. The van der Waals surface area contributed by atoms with Gasteiger partial charge in [0.1, 0.15) is 5.75 Å². The molecule has 112 valence electrons. The lowest BCUT2D eigenvalue weighted by atomic mass is 10.2. The molecule has 0 aliphatic rings. The van der Waals surface area contributed by atoms with Gasteiger partial charge in [0.05, 0.1) is 21.2 Å². The summed E-state index contributed by atoms with van der Waals surface area (Å²) in [5, 5.41) is 24.2. The molecule has 1 heterocycles. The maximum absolute atomic E-state index is 11.7. The number of rotatable bonds is 4. The van der Waals surface area contributed by atoms with Gasteiger partial charge in [-0.25, -0.2) is 5.43 Å². The molecule has 0 aliphatic heterocycles. The van der Waals surface area contributed by atoms with Gasteiger partial charge >= 0.3 is 0 Å². The summed E-state index contributed by atoms with van der Waals surface area (Å²) in [6.07, 6.45) is 4.01. The van der Waals surface area contributed by atoms with E-state index in [0.29, 0.717) is 5.56 Å². The number of carbonyl (C=O) groups is 1. The van der Waals surface area contributed by atoms with E-state index in [4.69, 9.17) is 0 Å². The predicted octanol–water partition coefficient (Wildman–Crippen LogP) is 2.22. The Morgan fingerprint density at radius 1 is 1.50 bits per heavy atom. The minimum absolute atomic E-state index is 0.0903. The molecule has 0 spiro atoms. The Kier molecular flexibility index (Phi) is 4.79. The molecule has 0 saturated heterocycles. The van der Waals surface area contributed by atoms with E-state index in [1.54, 1.807) is 12.1 Å². The van der Waals surface area contributed by atoms with Crippen molar-refractivity contribution in [3.05, 3.63) is 62.4 Å². The number of hydrogen-bond acceptors (Lipinski definition) is 6. The largest absolute Gasteiger partial charge is 0.506 e. The van der Waals surface area contributed by atoms with Crippen LogP contribution in [0, 0.1) is 10.1 Å². The molecular formula is C13H9BrN4O4. The SMILES string of the molecule is O=C(N/N=C/c1cc([N+](=O)[O-])cc(Br)c1O)c1cccnc1. The van der Waals surface area contributed by atoms with Gasteiger partial charge in [-0.05, 0) is 28.1 Å². The first kappa shape index (κ1) is 15.6. The van der Waals surface area contributed by atoms with Gasteiger partial charge in [0.2, 0.25) is 0 Å². The zero-order valence-corrected chi connectivity index (χ0v) is 12.5. The molecule has 0 radical (unpaired) electrons. The van der Waals surface area contributed by atoms with E-state index in [-0.39, 0.29) is 21.5 Å². The third-order valence-electron chi connectivity index (χ3n) is 2.58. The first-order valence-electron chi connectivity index (χ1n) is 5.89. The minimum atomic E-state index is -0.601. The highest BCUT2D eigenvalue weighted by atomic mass is 79.9. The molecule has 0 bridgehead atoms. The number of benzene rings is 1. The van der Waals surface area contributed by atoms with Gasteiger partial charge in [-0.1, -0.05) is 0 Å². The van der Waals surface area contributed by atoms with Gasteiger partial charge in [0, 0.05) is 30.1 Å². The fraction of sp³-hybridized carbons (Fsp3) is 0. The Hall–Kier alpha value is -2.81. The normalized spacial score (nSPS) is 10.6. The molecule has 8 nitrogen and oxygen atoms in total. The van der Waals surface area contributed by atoms with Crippen LogP contribution in [0.15, 0.2) is 46.2 Å². The lowest BCUT2D eigenvalue weighted by Crippen LogP contribution is -2.17. The summed E-state index contributed by atoms with van der Waals surface area (Å²) < 4.78 is 0.154. The van der Waals surface area contributed by atoms with Crippen molar-refractivity contribution in [1.82, 2.24) is 10.4 Å². The Bertz CT molecular complexity index is 749. The van der Waals surface area contributed by atoms with E-state index in [1.165, 1.54) is 18.5 Å². The van der Waals surface area contributed by atoms with E-state index < -0.39 is 10.8 Å². The zero-order valence-electron chi connectivity index (χ0n) is 10.9. The topological polar surface area (TPSA) is 118 Å². The summed E-state index contributed by atoms with van der Waals surface area (Å²) >= 11 is 3.01. The molecule has 0 unspecified atom stereocenters. The van der Waals surface area contributed by atoms with Crippen molar-refractivity contribution in [2.75, 3.05) is 0 Å². The van der Waals surface area contributed by atoms with Gasteiger partial charge in [-0.15, -0.1) is 0 Å². The highest BCUT2D eigenvalue weighted by Gasteiger charge is 2.13. The van der Waals surface area contributed by atoms with Crippen LogP contribution in [0.4, 0.5) is 5.69 Å². The van der Waals surface area contributed by atoms with Gasteiger partial charge in [0.15, 0.2) is 0 Å². The second-order valence-electron chi connectivity index (χ2n) is 4.06. The van der Waals surface area contributed by atoms with Crippen molar-refractivity contribution >= 4 is 33.7 Å². The summed E-state index contributed by atoms with van der Waals surface area (Å²) in [5.41, 5.74) is 2.42. The number of pyridine rings is 1. The molecule has 0 fully saturated rings. The molecule has 2 rings (SSSR count). The fourth-order valence-electron chi connectivity index (χ4n) is 1.53. The number of nitro groups is 1. The molecule has 0 saturated carbocycles. The van der Waals surface area contributed by atoms with Gasteiger partial charge in [0.25, 0.3) is 11.6 Å². The Labute approximate surface area is 132 Å². The van der Waals surface area contributed by atoms with Crippen molar-refractivity contribution in [2.24, 2.45) is 5.10 Å². The van der Waals surface area contributed by atoms with Crippen LogP contribution in [-0.4, -0.2) is 27.1 Å². The summed E-state index contributed by atoms with van der Waals surface area (Å²) in [5.74, 6) is -0.710. The molecule has 0 atom stereocenters. The Balaban J connectivity index is 2.17. The summed E-state index contributed by atoms with van der Waals surface area (Å²) in [6.45, 7) is 0. The lowest BCUT2D eigenvalue weighted by Gasteiger charge is -2.02. The number of nitrogens with one attached hydrogen (secondary N) is 1. The van der Waals surface area contributed by atoms with Crippen LogP contribution in [0.2, 0.25) is 0 Å². The molecule has 0 aliphatic carbocycles. The summed E-state index contributed by atoms with van der Waals surface area (Å²) in [7, 11) is 0. The zero-order chi connectivity index (χ0) is 16.1. The van der Waals surface area contributed by atoms with Crippen molar-refractivity contribution in [3.8, 4) is 5.75 Å². The first-order chi connectivity index (χ1) is 10.5. The van der Waals surface area contributed by atoms with Crippen molar-refractivity contribution in [1.29, 1.82) is 0 Å². The van der Waals surface area contributed by atoms with Crippen molar-refractivity contribution in [2.45, 2.75) is 0 Å². The smallest absolute Gasteiger partial charge is 0.272 e. The standard InChI is InChI=1S/C13H9BrN4O4/c14-11-5-10(18(21)22)4-9(12(11)19)7-16-17-13(20)8-2-1-3-15-6-8/h1-7,19H,(H,17,20)/b16-7+. The van der Waals surface area contributed by atoms with Crippen molar-refractivity contribution < 1.29 is 14.8 Å². The maximum Gasteiger partial charge on any atom is 0.272 e. The number of non-ortho nitro benzene ring substituents is 1. The van der Waals surface area contributed by atoms with Crippen LogP contribution in [0.3, 0.4) is 0 Å². The number of nitro benzene ring substituents is 1. The van der Waals surface area contributed by atoms with E-state index >= 15 is 0 Å². The summed E-state index contributed by atoms with van der Waals surface area (Å²) in [4.78, 5) is 25.7. The number of nitrogens with zero attached hydrogens (tertiary/aromatic N) is 3. The Morgan fingerprint density at radius 2 is 2.27 bits per heavy atom. The Morgan fingerprint density at radius 3 is 2.91 bits per heavy atom. The van der Waals surface area contributed by atoms with Crippen LogP contribution < -0.4 is 5.43 Å². The average molecular weight is 365 g/mol. The minimum Gasteiger partial charge on any atom is -0.506 e. The molecule has 2 N–H and O–H groups in total. The molecule has 1 aromatic carbocycles.